The Morgan fingerprint density at radius 1 is 1.07 bits per heavy atom. The predicted octanol–water partition coefficient (Wildman–Crippen LogP) is 6.10. The van der Waals surface area contributed by atoms with Crippen molar-refractivity contribution in [2.75, 3.05) is 12.4 Å². The van der Waals surface area contributed by atoms with Crippen molar-refractivity contribution in [2.45, 2.75) is 6.61 Å². The van der Waals surface area contributed by atoms with Gasteiger partial charge in [0, 0.05) is 11.3 Å². The number of hydrogen-bond acceptors (Lipinski definition) is 6. The molecule has 2 heterocycles. The Bertz CT molecular complexity index is 1090. The second-order valence-electron chi connectivity index (χ2n) is 5.73. The molecule has 0 radical (unpaired) electrons. The molecule has 0 aliphatic rings. The molecule has 0 unspecified atom stereocenters. The Kier molecular flexibility index (Phi) is 6.57. The molecule has 2 aromatic heterocycles. The van der Waals surface area contributed by atoms with Crippen LogP contribution in [0.15, 0.2) is 60.2 Å². The molecular weight excluding hydrogens is 417 g/mol. The van der Waals surface area contributed by atoms with Crippen LogP contribution in [0.2, 0.25) is 5.02 Å². The number of ether oxygens (including phenoxy) is 2. The second kappa shape index (κ2) is 9.10. The summed E-state index contributed by atoms with van der Waals surface area (Å²) in [5, 5.41) is 5.80. The van der Waals surface area contributed by atoms with E-state index in [0.29, 0.717) is 17.4 Å². The fourth-order valence-corrected chi connectivity index (χ4v) is 3.71. The number of hydrogen-bond donors (Lipinski definition) is 1. The summed E-state index contributed by atoms with van der Waals surface area (Å²) in [6, 6.07) is 15.3. The third kappa shape index (κ3) is 4.30. The first-order valence-electron chi connectivity index (χ1n) is 8.24. The monoisotopic (exact) mass is 433 g/mol. The lowest BCUT2D eigenvalue weighted by molar-refractivity contribution is 0.297. The minimum absolute atomic E-state index is 0. The third-order valence-corrected chi connectivity index (χ3v) is 5.22. The molecule has 0 aliphatic heterocycles. The van der Waals surface area contributed by atoms with Gasteiger partial charge in [0.05, 0.1) is 22.3 Å². The van der Waals surface area contributed by atoms with Gasteiger partial charge in [-0.15, -0.1) is 23.7 Å². The van der Waals surface area contributed by atoms with E-state index in [2.05, 4.69) is 15.3 Å². The van der Waals surface area contributed by atoms with E-state index in [0.717, 1.165) is 33.0 Å². The highest BCUT2D eigenvalue weighted by atomic mass is 35.5. The molecule has 0 fully saturated rings. The van der Waals surface area contributed by atoms with Crippen molar-refractivity contribution in [1.29, 1.82) is 0 Å². The summed E-state index contributed by atoms with van der Waals surface area (Å²) >= 11 is 8.00. The Hall–Kier alpha value is -2.54. The number of thiophene rings is 1. The smallest absolute Gasteiger partial charge is 0.151 e. The quantitative estimate of drug-likeness (QED) is 0.398. The number of methoxy groups -OCH3 is 1. The summed E-state index contributed by atoms with van der Waals surface area (Å²) in [6.45, 7) is 0.373. The number of rotatable bonds is 6. The van der Waals surface area contributed by atoms with Crippen LogP contribution in [0.25, 0.3) is 10.2 Å². The Morgan fingerprint density at radius 2 is 1.93 bits per heavy atom. The zero-order chi connectivity index (χ0) is 18.6. The average molecular weight is 434 g/mol. The molecule has 0 bridgehead atoms. The number of para-hydroxylation sites is 1. The SMILES string of the molecule is COc1ccccc1COc1ccc(Nc2ncnc3ccsc23)cc1Cl.Cl. The molecule has 28 heavy (non-hydrogen) atoms. The van der Waals surface area contributed by atoms with E-state index in [4.69, 9.17) is 21.1 Å². The maximum absolute atomic E-state index is 6.41. The van der Waals surface area contributed by atoms with Crippen LogP contribution in [0.4, 0.5) is 11.5 Å². The Morgan fingerprint density at radius 3 is 2.75 bits per heavy atom. The van der Waals surface area contributed by atoms with Gasteiger partial charge in [0.15, 0.2) is 5.82 Å². The van der Waals surface area contributed by atoms with Gasteiger partial charge in [-0.25, -0.2) is 9.97 Å². The molecule has 144 valence electrons. The minimum atomic E-state index is 0. The molecule has 8 heteroatoms. The first-order chi connectivity index (χ1) is 13.2. The molecule has 5 nitrogen and oxygen atoms in total. The summed E-state index contributed by atoms with van der Waals surface area (Å²) in [5.41, 5.74) is 2.71. The number of anilines is 2. The first-order valence-corrected chi connectivity index (χ1v) is 9.50. The van der Waals surface area contributed by atoms with Gasteiger partial charge in [0.2, 0.25) is 0 Å². The topological polar surface area (TPSA) is 56.3 Å². The third-order valence-electron chi connectivity index (χ3n) is 4.01. The van der Waals surface area contributed by atoms with Crippen molar-refractivity contribution in [2.24, 2.45) is 0 Å². The molecule has 2 aromatic carbocycles. The Balaban J connectivity index is 0.00000225. The van der Waals surface area contributed by atoms with E-state index >= 15 is 0 Å². The molecule has 4 rings (SSSR count). The van der Waals surface area contributed by atoms with Gasteiger partial charge < -0.3 is 14.8 Å². The van der Waals surface area contributed by atoms with Crippen molar-refractivity contribution in [1.82, 2.24) is 9.97 Å². The largest absolute Gasteiger partial charge is 0.496 e. The standard InChI is InChI=1S/C20H16ClN3O2S.ClH/c1-25-17-5-3-2-4-13(17)11-26-18-7-6-14(10-15(18)21)24-20-19-16(8-9-27-19)22-12-23-20;/h2-10,12H,11H2,1H3,(H,22,23,24);1H. The van der Waals surface area contributed by atoms with Gasteiger partial charge in [-0.1, -0.05) is 29.8 Å². The Labute approximate surface area is 177 Å². The fourth-order valence-electron chi connectivity index (χ4n) is 2.69. The van der Waals surface area contributed by atoms with Gasteiger partial charge in [0.1, 0.15) is 24.4 Å². The second-order valence-corrected chi connectivity index (χ2v) is 7.05. The maximum atomic E-state index is 6.41. The molecule has 0 saturated heterocycles. The summed E-state index contributed by atoms with van der Waals surface area (Å²) in [7, 11) is 1.64. The molecule has 0 saturated carbocycles. The highest BCUT2D eigenvalue weighted by Gasteiger charge is 2.09. The molecular formula is C20H17Cl2N3O2S. The number of halogens is 2. The lowest BCUT2D eigenvalue weighted by Crippen LogP contribution is -1.99. The number of benzene rings is 2. The summed E-state index contributed by atoms with van der Waals surface area (Å²) in [6.07, 6.45) is 1.55. The summed E-state index contributed by atoms with van der Waals surface area (Å²) in [4.78, 5) is 8.57. The van der Waals surface area contributed by atoms with Crippen molar-refractivity contribution in [3.8, 4) is 11.5 Å². The molecule has 0 atom stereocenters. The molecule has 0 aliphatic carbocycles. The van der Waals surface area contributed by atoms with Crippen LogP contribution in [-0.2, 0) is 6.61 Å². The van der Waals surface area contributed by atoms with Crippen molar-refractivity contribution < 1.29 is 9.47 Å². The van der Waals surface area contributed by atoms with Gasteiger partial charge in [-0.3, -0.25) is 0 Å². The van der Waals surface area contributed by atoms with E-state index < -0.39 is 0 Å². The highest BCUT2D eigenvalue weighted by Crippen LogP contribution is 2.32. The summed E-state index contributed by atoms with van der Waals surface area (Å²) in [5.74, 6) is 2.15. The van der Waals surface area contributed by atoms with Crippen LogP contribution in [0, 0.1) is 0 Å². The lowest BCUT2D eigenvalue weighted by Gasteiger charge is -2.12. The molecule has 0 amide bonds. The number of nitrogens with zero attached hydrogens (tertiary/aromatic N) is 2. The van der Waals surface area contributed by atoms with Crippen LogP contribution >= 0.6 is 35.3 Å². The minimum Gasteiger partial charge on any atom is -0.496 e. The van der Waals surface area contributed by atoms with E-state index in [1.165, 1.54) is 0 Å². The van der Waals surface area contributed by atoms with E-state index in [9.17, 15) is 0 Å². The summed E-state index contributed by atoms with van der Waals surface area (Å²) < 4.78 is 12.2. The van der Waals surface area contributed by atoms with Crippen molar-refractivity contribution >= 4 is 57.1 Å². The average Bonchev–Trinajstić information content (AvgIpc) is 3.17. The van der Waals surface area contributed by atoms with Gasteiger partial charge in [-0.05, 0) is 35.7 Å². The van der Waals surface area contributed by atoms with Crippen LogP contribution in [0.5, 0.6) is 11.5 Å². The van der Waals surface area contributed by atoms with Gasteiger partial charge in [-0.2, -0.15) is 0 Å². The van der Waals surface area contributed by atoms with E-state index in [-0.39, 0.29) is 12.4 Å². The van der Waals surface area contributed by atoms with E-state index in [1.54, 1.807) is 24.8 Å². The van der Waals surface area contributed by atoms with Crippen molar-refractivity contribution in [3.05, 3.63) is 70.8 Å². The highest BCUT2D eigenvalue weighted by molar-refractivity contribution is 7.17. The van der Waals surface area contributed by atoms with Crippen LogP contribution in [0.1, 0.15) is 5.56 Å². The fraction of sp³-hybridized carbons (Fsp3) is 0.100. The van der Waals surface area contributed by atoms with Crippen LogP contribution in [0.3, 0.4) is 0 Å². The van der Waals surface area contributed by atoms with Crippen molar-refractivity contribution in [3.63, 3.8) is 0 Å². The zero-order valence-corrected chi connectivity index (χ0v) is 17.3. The molecule has 0 spiro atoms. The normalized spacial score (nSPS) is 10.4. The van der Waals surface area contributed by atoms with E-state index in [1.807, 2.05) is 53.9 Å². The first kappa shape index (κ1) is 20.2. The number of nitrogens with one attached hydrogen (secondary N) is 1. The zero-order valence-electron chi connectivity index (χ0n) is 14.9. The number of aromatic nitrogens is 2. The van der Waals surface area contributed by atoms with Gasteiger partial charge in [0.25, 0.3) is 0 Å². The molecule has 4 aromatic rings. The van der Waals surface area contributed by atoms with Crippen LogP contribution in [-0.4, -0.2) is 17.1 Å². The maximum Gasteiger partial charge on any atom is 0.151 e. The molecule has 1 N–H and O–H groups in total. The lowest BCUT2D eigenvalue weighted by atomic mass is 10.2. The van der Waals surface area contributed by atoms with Crippen LogP contribution < -0.4 is 14.8 Å². The predicted molar refractivity (Wildman–Crippen MR) is 117 cm³/mol. The van der Waals surface area contributed by atoms with Gasteiger partial charge >= 0.3 is 0 Å². The number of fused-ring (bicyclic) bond motifs is 1.